The third-order valence-electron chi connectivity index (χ3n) is 8.04. The number of hydrogen-bond acceptors (Lipinski definition) is 4. The summed E-state index contributed by atoms with van der Waals surface area (Å²) in [5.41, 5.74) is 3.16. The van der Waals surface area contributed by atoms with Gasteiger partial charge in [-0.3, -0.25) is 14.5 Å². The number of likely N-dealkylation sites (N-methyl/N-ethyl adjacent to an activating group) is 1. The number of carbonyl (C=O) groups excluding carboxylic acids is 3. The highest BCUT2D eigenvalue weighted by molar-refractivity contribution is 6.03. The summed E-state index contributed by atoms with van der Waals surface area (Å²) in [6.07, 6.45) is 0.265. The van der Waals surface area contributed by atoms with Crippen LogP contribution in [0.2, 0.25) is 0 Å². The SMILES string of the molecule is CCN1C(=O)N[C@H](c2cccc(Oc3ccccc3)c2)C2=C1CN([C@@H](Cc1ccccc1)C(=O)NCc1cccc(F)c1)C2=O. The Morgan fingerprint density at radius 2 is 1.60 bits per heavy atom. The summed E-state index contributed by atoms with van der Waals surface area (Å²) in [6, 6.07) is 30.2. The lowest BCUT2D eigenvalue weighted by Crippen LogP contribution is -2.49. The molecule has 228 valence electrons. The molecule has 0 saturated carbocycles. The van der Waals surface area contributed by atoms with Crippen LogP contribution in [0.4, 0.5) is 9.18 Å². The van der Waals surface area contributed by atoms with E-state index in [0.29, 0.717) is 40.4 Å². The molecule has 2 aliphatic heterocycles. The summed E-state index contributed by atoms with van der Waals surface area (Å²) < 4.78 is 19.8. The summed E-state index contributed by atoms with van der Waals surface area (Å²) in [5, 5.41) is 5.91. The minimum atomic E-state index is -0.874. The van der Waals surface area contributed by atoms with Crippen LogP contribution in [0.3, 0.4) is 0 Å². The molecule has 0 unspecified atom stereocenters. The number of nitrogens with one attached hydrogen (secondary N) is 2. The largest absolute Gasteiger partial charge is 0.457 e. The highest BCUT2D eigenvalue weighted by atomic mass is 19.1. The van der Waals surface area contributed by atoms with E-state index >= 15 is 0 Å². The number of nitrogens with zero attached hydrogens (tertiary/aromatic N) is 2. The molecule has 2 heterocycles. The van der Waals surface area contributed by atoms with E-state index in [9.17, 15) is 18.8 Å². The molecule has 0 bridgehead atoms. The first-order valence-corrected chi connectivity index (χ1v) is 14.9. The highest BCUT2D eigenvalue weighted by Crippen LogP contribution is 2.38. The molecule has 0 radical (unpaired) electrons. The maximum atomic E-state index is 14.4. The normalized spacial score (nSPS) is 16.7. The summed E-state index contributed by atoms with van der Waals surface area (Å²) in [4.78, 5) is 44.6. The fourth-order valence-corrected chi connectivity index (χ4v) is 5.87. The van der Waals surface area contributed by atoms with Crippen molar-refractivity contribution in [3.8, 4) is 11.5 Å². The fourth-order valence-electron chi connectivity index (χ4n) is 5.87. The van der Waals surface area contributed by atoms with Crippen LogP contribution in [0.1, 0.15) is 29.7 Å². The van der Waals surface area contributed by atoms with Crippen molar-refractivity contribution in [2.45, 2.75) is 32.0 Å². The van der Waals surface area contributed by atoms with Gasteiger partial charge in [-0.15, -0.1) is 0 Å². The minimum Gasteiger partial charge on any atom is -0.457 e. The predicted molar refractivity (Wildman–Crippen MR) is 168 cm³/mol. The Hall–Kier alpha value is -5.44. The van der Waals surface area contributed by atoms with E-state index in [0.717, 1.165) is 5.56 Å². The molecule has 45 heavy (non-hydrogen) atoms. The van der Waals surface area contributed by atoms with Crippen LogP contribution >= 0.6 is 0 Å². The van der Waals surface area contributed by atoms with Crippen molar-refractivity contribution in [3.05, 3.63) is 143 Å². The monoisotopic (exact) mass is 604 g/mol. The van der Waals surface area contributed by atoms with Crippen molar-refractivity contribution in [2.24, 2.45) is 0 Å². The quantitative estimate of drug-likeness (QED) is 0.242. The van der Waals surface area contributed by atoms with E-state index in [1.54, 1.807) is 21.9 Å². The van der Waals surface area contributed by atoms with E-state index < -0.39 is 17.9 Å². The van der Waals surface area contributed by atoms with E-state index in [1.807, 2.05) is 91.9 Å². The number of urea groups is 1. The summed E-state index contributed by atoms with van der Waals surface area (Å²) in [7, 11) is 0. The Bertz CT molecular complexity index is 1740. The highest BCUT2D eigenvalue weighted by Gasteiger charge is 2.46. The van der Waals surface area contributed by atoms with Crippen LogP contribution in [0.5, 0.6) is 11.5 Å². The van der Waals surface area contributed by atoms with Gasteiger partial charge in [0.25, 0.3) is 5.91 Å². The van der Waals surface area contributed by atoms with E-state index in [4.69, 9.17) is 4.74 Å². The third kappa shape index (κ3) is 6.43. The standard InChI is InChI=1S/C36H33FN4O4/c1-2-40-31-23-41(30(20-24-11-5-3-6-12-24)34(42)38-22-25-13-9-15-27(37)19-25)35(43)32(31)33(39-36(40)44)26-14-10-18-29(21-26)45-28-16-7-4-8-17-28/h3-19,21,30,33H,2,20,22-23H2,1H3,(H,38,42)(H,39,44)/t30-,33+/m0/s1. The first-order chi connectivity index (χ1) is 21.9. The van der Waals surface area contributed by atoms with Crippen molar-refractivity contribution in [1.82, 2.24) is 20.4 Å². The Kier molecular flexibility index (Phi) is 8.59. The summed E-state index contributed by atoms with van der Waals surface area (Å²) >= 11 is 0. The lowest BCUT2D eigenvalue weighted by atomic mass is 9.95. The lowest BCUT2D eigenvalue weighted by molar-refractivity contribution is -0.136. The zero-order valence-electron chi connectivity index (χ0n) is 24.8. The minimum absolute atomic E-state index is 0.0943. The van der Waals surface area contributed by atoms with Crippen LogP contribution < -0.4 is 15.4 Å². The molecular weight excluding hydrogens is 571 g/mol. The number of halogens is 1. The molecule has 0 aliphatic carbocycles. The molecule has 4 aromatic carbocycles. The molecule has 2 aliphatic rings. The van der Waals surface area contributed by atoms with Gasteiger partial charge in [-0.25, -0.2) is 9.18 Å². The van der Waals surface area contributed by atoms with Gasteiger partial charge in [-0.1, -0.05) is 72.8 Å². The van der Waals surface area contributed by atoms with Gasteiger partial charge in [0.05, 0.1) is 23.9 Å². The molecule has 9 heteroatoms. The molecule has 0 aromatic heterocycles. The topological polar surface area (TPSA) is 91.0 Å². The third-order valence-corrected chi connectivity index (χ3v) is 8.04. The molecule has 4 amide bonds. The molecule has 8 nitrogen and oxygen atoms in total. The van der Waals surface area contributed by atoms with E-state index in [1.165, 1.54) is 12.1 Å². The van der Waals surface area contributed by atoms with Gasteiger partial charge >= 0.3 is 6.03 Å². The van der Waals surface area contributed by atoms with Crippen LogP contribution in [-0.2, 0) is 22.6 Å². The number of benzene rings is 4. The first-order valence-electron chi connectivity index (χ1n) is 14.9. The maximum Gasteiger partial charge on any atom is 0.322 e. The number of hydrogen-bond donors (Lipinski definition) is 2. The van der Waals surface area contributed by atoms with E-state index in [-0.39, 0.29) is 37.4 Å². The zero-order valence-corrected chi connectivity index (χ0v) is 24.8. The average molecular weight is 605 g/mol. The Morgan fingerprint density at radius 3 is 2.33 bits per heavy atom. The second-order valence-corrected chi connectivity index (χ2v) is 11.0. The van der Waals surface area contributed by atoms with Gasteiger partial charge < -0.3 is 20.3 Å². The van der Waals surface area contributed by atoms with Gasteiger partial charge in [-0.2, -0.15) is 0 Å². The van der Waals surface area contributed by atoms with Crippen LogP contribution in [0.25, 0.3) is 0 Å². The Morgan fingerprint density at radius 1 is 0.911 bits per heavy atom. The van der Waals surface area contributed by atoms with Gasteiger partial charge in [0.15, 0.2) is 0 Å². The van der Waals surface area contributed by atoms with Gasteiger partial charge in [-0.05, 0) is 60.0 Å². The molecule has 2 N–H and O–H groups in total. The van der Waals surface area contributed by atoms with Crippen molar-refractivity contribution in [1.29, 1.82) is 0 Å². The fraction of sp³-hybridized carbons (Fsp3) is 0.194. The summed E-state index contributed by atoms with van der Waals surface area (Å²) in [5.74, 6) is 0.137. The van der Waals surface area contributed by atoms with Crippen molar-refractivity contribution in [3.63, 3.8) is 0 Å². The molecule has 2 atom stereocenters. The molecule has 0 saturated heterocycles. The number of para-hydroxylation sites is 1. The van der Waals surface area contributed by atoms with Gasteiger partial charge in [0.2, 0.25) is 5.91 Å². The molecule has 4 aromatic rings. The maximum absolute atomic E-state index is 14.4. The summed E-state index contributed by atoms with van der Waals surface area (Å²) in [6.45, 7) is 2.40. The lowest BCUT2D eigenvalue weighted by Gasteiger charge is -2.33. The van der Waals surface area contributed by atoms with Gasteiger partial charge in [0.1, 0.15) is 23.4 Å². The van der Waals surface area contributed by atoms with Gasteiger partial charge in [0, 0.05) is 19.5 Å². The molecular formula is C36H33FN4O4. The van der Waals surface area contributed by atoms with Crippen molar-refractivity contribution in [2.75, 3.05) is 13.1 Å². The first kappa shape index (κ1) is 29.6. The smallest absolute Gasteiger partial charge is 0.322 e. The number of ether oxygens (including phenoxy) is 1. The Labute approximate surface area is 261 Å². The average Bonchev–Trinajstić information content (AvgIpc) is 3.39. The van der Waals surface area contributed by atoms with Crippen LogP contribution in [0, 0.1) is 5.82 Å². The number of rotatable bonds is 10. The second-order valence-electron chi connectivity index (χ2n) is 11.0. The van der Waals surface area contributed by atoms with E-state index in [2.05, 4.69) is 10.6 Å². The van der Waals surface area contributed by atoms with Crippen molar-refractivity contribution >= 4 is 17.8 Å². The molecule has 6 rings (SSSR count). The Balaban J connectivity index is 1.31. The zero-order chi connectivity index (χ0) is 31.3. The van der Waals surface area contributed by atoms with Crippen LogP contribution in [-0.4, -0.2) is 46.8 Å². The molecule has 0 fully saturated rings. The predicted octanol–water partition coefficient (Wildman–Crippen LogP) is 5.73. The number of carbonyl (C=O) groups is 3. The molecule has 0 spiro atoms. The van der Waals surface area contributed by atoms with Crippen molar-refractivity contribution < 1.29 is 23.5 Å². The van der Waals surface area contributed by atoms with Crippen LogP contribution in [0.15, 0.2) is 120 Å². The number of amides is 4. The second kappa shape index (κ2) is 13.1.